The fourth-order valence-corrected chi connectivity index (χ4v) is 0.884. The average Bonchev–Trinajstić information content (AvgIpc) is 2.13. The van der Waals surface area contributed by atoms with Crippen molar-refractivity contribution in [2.45, 2.75) is 26.8 Å². The van der Waals surface area contributed by atoms with Gasteiger partial charge in [0.2, 0.25) is 5.91 Å². The summed E-state index contributed by atoms with van der Waals surface area (Å²) in [6, 6.07) is -0.556. The SMILES string of the molecule is COCC(N)C(=O)NCC(C)C(C)C. The van der Waals surface area contributed by atoms with Crippen LogP contribution in [0, 0.1) is 11.8 Å². The Labute approximate surface area is 86.2 Å². The van der Waals surface area contributed by atoms with Crippen LogP contribution >= 0.6 is 0 Å². The van der Waals surface area contributed by atoms with Crippen molar-refractivity contribution >= 4 is 5.91 Å². The highest BCUT2D eigenvalue weighted by Crippen LogP contribution is 2.07. The van der Waals surface area contributed by atoms with Crippen LogP contribution in [-0.2, 0) is 9.53 Å². The predicted molar refractivity (Wildman–Crippen MR) is 56.9 cm³/mol. The standard InChI is InChI=1S/C10H22N2O2/c1-7(2)8(3)5-12-10(13)9(11)6-14-4/h7-9H,5-6,11H2,1-4H3,(H,12,13). The Balaban J connectivity index is 3.73. The van der Waals surface area contributed by atoms with Gasteiger partial charge in [-0.25, -0.2) is 0 Å². The maximum Gasteiger partial charge on any atom is 0.239 e. The van der Waals surface area contributed by atoms with E-state index in [0.29, 0.717) is 18.4 Å². The molecule has 0 aliphatic rings. The van der Waals surface area contributed by atoms with Gasteiger partial charge in [0.15, 0.2) is 0 Å². The fraction of sp³-hybridized carbons (Fsp3) is 0.900. The summed E-state index contributed by atoms with van der Waals surface area (Å²) in [5.74, 6) is 0.891. The van der Waals surface area contributed by atoms with Gasteiger partial charge in [-0.05, 0) is 11.8 Å². The van der Waals surface area contributed by atoms with E-state index in [4.69, 9.17) is 10.5 Å². The van der Waals surface area contributed by atoms with E-state index < -0.39 is 6.04 Å². The van der Waals surface area contributed by atoms with Crippen molar-refractivity contribution in [2.75, 3.05) is 20.3 Å². The largest absolute Gasteiger partial charge is 0.383 e. The predicted octanol–water partition coefficient (Wildman–Crippen LogP) is 0.368. The van der Waals surface area contributed by atoms with E-state index >= 15 is 0 Å². The number of ether oxygens (including phenoxy) is 1. The normalized spacial score (nSPS) is 15.3. The molecule has 0 aromatic carbocycles. The first-order valence-electron chi connectivity index (χ1n) is 5.01. The van der Waals surface area contributed by atoms with Crippen LogP contribution in [0.1, 0.15) is 20.8 Å². The molecule has 3 N–H and O–H groups in total. The van der Waals surface area contributed by atoms with E-state index in [0.717, 1.165) is 0 Å². The first kappa shape index (κ1) is 13.4. The summed E-state index contributed by atoms with van der Waals surface area (Å²) in [4.78, 5) is 11.3. The van der Waals surface area contributed by atoms with E-state index in [-0.39, 0.29) is 12.5 Å². The highest BCUT2D eigenvalue weighted by atomic mass is 16.5. The van der Waals surface area contributed by atoms with Gasteiger partial charge < -0.3 is 15.8 Å². The molecule has 0 spiro atoms. The number of rotatable bonds is 6. The van der Waals surface area contributed by atoms with Crippen molar-refractivity contribution in [1.82, 2.24) is 5.32 Å². The lowest BCUT2D eigenvalue weighted by Gasteiger charge is -2.17. The van der Waals surface area contributed by atoms with Gasteiger partial charge in [-0.2, -0.15) is 0 Å². The third-order valence-corrected chi connectivity index (χ3v) is 2.42. The highest BCUT2D eigenvalue weighted by Gasteiger charge is 2.14. The lowest BCUT2D eigenvalue weighted by atomic mass is 9.98. The number of nitrogens with one attached hydrogen (secondary N) is 1. The molecule has 4 heteroatoms. The second-order valence-electron chi connectivity index (χ2n) is 4.03. The van der Waals surface area contributed by atoms with E-state index in [1.165, 1.54) is 7.11 Å². The van der Waals surface area contributed by atoms with Crippen molar-refractivity contribution in [1.29, 1.82) is 0 Å². The summed E-state index contributed by atoms with van der Waals surface area (Å²) in [7, 11) is 1.53. The number of carbonyl (C=O) groups excluding carboxylic acids is 1. The van der Waals surface area contributed by atoms with E-state index in [1.807, 2.05) is 0 Å². The van der Waals surface area contributed by atoms with Gasteiger partial charge in [0.05, 0.1) is 6.61 Å². The number of carbonyl (C=O) groups is 1. The molecule has 0 heterocycles. The van der Waals surface area contributed by atoms with Crippen LogP contribution < -0.4 is 11.1 Å². The lowest BCUT2D eigenvalue weighted by molar-refractivity contribution is -0.123. The van der Waals surface area contributed by atoms with Gasteiger partial charge in [-0.15, -0.1) is 0 Å². The Morgan fingerprint density at radius 1 is 1.43 bits per heavy atom. The topological polar surface area (TPSA) is 64.3 Å². The molecule has 1 amide bonds. The second-order valence-corrected chi connectivity index (χ2v) is 4.03. The van der Waals surface area contributed by atoms with Gasteiger partial charge >= 0.3 is 0 Å². The van der Waals surface area contributed by atoms with Gasteiger partial charge in [-0.1, -0.05) is 20.8 Å². The Hall–Kier alpha value is -0.610. The summed E-state index contributed by atoms with van der Waals surface area (Å²) >= 11 is 0. The zero-order valence-corrected chi connectivity index (χ0v) is 9.54. The molecule has 2 atom stereocenters. The average molecular weight is 202 g/mol. The number of methoxy groups -OCH3 is 1. The van der Waals surface area contributed by atoms with Crippen LogP contribution in [-0.4, -0.2) is 32.2 Å². The van der Waals surface area contributed by atoms with Crippen molar-refractivity contribution in [2.24, 2.45) is 17.6 Å². The molecule has 2 unspecified atom stereocenters. The van der Waals surface area contributed by atoms with Crippen molar-refractivity contribution in [3.8, 4) is 0 Å². The number of hydrogen-bond donors (Lipinski definition) is 2. The molecule has 0 rings (SSSR count). The smallest absolute Gasteiger partial charge is 0.239 e. The summed E-state index contributed by atoms with van der Waals surface area (Å²) in [6.07, 6.45) is 0. The summed E-state index contributed by atoms with van der Waals surface area (Å²) in [5.41, 5.74) is 5.55. The number of amides is 1. The van der Waals surface area contributed by atoms with Gasteiger partial charge in [0.25, 0.3) is 0 Å². The molecular weight excluding hydrogens is 180 g/mol. The van der Waals surface area contributed by atoms with E-state index in [9.17, 15) is 4.79 Å². The monoisotopic (exact) mass is 202 g/mol. The molecule has 0 aliphatic carbocycles. The van der Waals surface area contributed by atoms with Crippen LogP contribution in [0.5, 0.6) is 0 Å². The van der Waals surface area contributed by atoms with Gasteiger partial charge in [0.1, 0.15) is 6.04 Å². The molecule has 0 bridgehead atoms. The fourth-order valence-electron chi connectivity index (χ4n) is 0.884. The molecular formula is C10H22N2O2. The van der Waals surface area contributed by atoms with Crippen molar-refractivity contribution in [3.63, 3.8) is 0 Å². The molecule has 0 radical (unpaired) electrons. The van der Waals surface area contributed by atoms with E-state index in [1.54, 1.807) is 0 Å². The minimum Gasteiger partial charge on any atom is -0.383 e. The van der Waals surface area contributed by atoms with Crippen LogP contribution in [0.3, 0.4) is 0 Å². The van der Waals surface area contributed by atoms with Gasteiger partial charge in [0, 0.05) is 13.7 Å². The molecule has 4 nitrogen and oxygen atoms in total. The maximum absolute atomic E-state index is 11.3. The van der Waals surface area contributed by atoms with Crippen LogP contribution in [0.2, 0.25) is 0 Å². The van der Waals surface area contributed by atoms with Crippen LogP contribution in [0.4, 0.5) is 0 Å². The molecule has 14 heavy (non-hydrogen) atoms. The van der Waals surface area contributed by atoms with Crippen LogP contribution in [0.25, 0.3) is 0 Å². The highest BCUT2D eigenvalue weighted by molar-refractivity contribution is 5.81. The quantitative estimate of drug-likeness (QED) is 0.654. The third kappa shape index (κ3) is 5.19. The Bertz CT molecular complexity index is 172. The summed E-state index contributed by atoms with van der Waals surface area (Å²) < 4.78 is 4.79. The van der Waals surface area contributed by atoms with Crippen molar-refractivity contribution < 1.29 is 9.53 Å². The zero-order valence-electron chi connectivity index (χ0n) is 9.54. The Morgan fingerprint density at radius 3 is 2.43 bits per heavy atom. The Morgan fingerprint density at radius 2 is 2.00 bits per heavy atom. The second kappa shape index (κ2) is 6.79. The first-order chi connectivity index (χ1) is 6.49. The molecule has 0 saturated carbocycles. The third-order valence-electron chi connectivity index (χ3n) is 2.42. The lowest BCUT2D eigenvalue weighted by Crippen LogP contribution is -2.45. The molecule has 0 saturated heterocycles. The maximum atomic E-state index is 11.3. The molecule has 84 valence electrons. The number of nitrogens with two attached hydrogens (primary N) is 1. The Kier molecular flexibility index (Phi) is 6.49. The number of hydrogen-bond acceptors (Lipinski definition) is 3. The summed E-state index contributed by atoms with van der Waals surface area (Å²) in [5, 5.41) is 2.80. The molecule has 0 aliphatic heterocycles. The minimum atomic E-state index is -0.556. The molecule has 0 aromatic rings. The zero-order chi connectivity index (χ0) is 11.1. The van der Waals surface area contributed by atoms with Crippen molar-refractivity contribution in [3.05, 3.63) is 0 Å². The summed E-state index contributed by atoms with van der Waals surface area (Å²) in [6.45, 7) is 7.31. The van der Waals surface area contributed by atoms with Gasteiger partial charge in [-0.3, -0.25) is 4.79 Å². The van der Waals surface area contributed by atoms with Crippen LogP contribution in [0.15, 0.2) is 0 Å². The molecule has 0 fully saturated rings. The molecule has 0 aromatic heterocycles. The first-order valence-corrected chi connectivity index (χ1v) is 5.01. The minimum absolute atomic E-state index is 0.139. The van der Waals surface area contributed by atoms with E-state index in [2.05, 4.69) is 26.1 Å².